The second-order valence-corrected chi connectivity index (χ2v) is 5.77. The maximum Gasteiger partial charge on any atom is 0.351 e. The fourth-order valence-electron chi connectivity index (χ4n) is 3.00. The summed E-state index contributed by atoms with van der Waals surface area (Å²) in [5.74, 6) is 0. The molecule has 0 N–H and O–H groups in total. The first-order valence-electron chi connectivity index (χ1n) is 7.82. The standard InChI is InChI=1S/C18H18N4O/c23-18-21-11-5-4-8-17(21)19-22(18)14-20-12-9-16(10-13-20)15-6-2-1-3-7-15/h1-9,11H,10,12-14H2. The number of hydrogen-bond acceptors (Lipinski definition) is 3. The van der Waals surface area contributed by atoms with E-state index in [-0.39, 0.29) is 5.69 Å². The summed E-state index contributed by atoms with van der Waals surface area (Å²) in [5, 5.41) is 4.39. The second kappa shape index (κ2) is 5.85. The summed E-state index contributed by atoms with van der Waals surface area (Å²) < 4.78 is 3.12. The molecule has 3 aromatic rings. The first kappa shape index (κ1) is 14.0. The van der Waals surface area contributed by atoms with Crippen molar-refractivity contribution in [3.05, 3.63) is 76.9 Å². The lowest BCUT2D eigenvalue weighted by atomic mass is 10.00. The molecule has 5 heteroatoms. The molecule has 23 heavy (non-hydrogen) atoms. The van der Waals surface area contributed by atoms with Gasteiger partial charge in [0, 0.05) is 19.3 Å². The van der Waals surface area contributed by atoms with Gasteiger partial charge in [0.1, 0.15) is 0 Å². The molecule has 0 saturated carbocycles. The van der Waals surface area contributed by atoms with Crippen LogP contribution in [0.25, 0.3) is 11.2 Å². The van der Waals surface area contributed by atoms with Crippen LogP contribution in [0.2, 0.25) is 0 Å². The Morgan fingerprint density at radius 2 is 1.87 bits per heavy atom. The van der Waals surface area contributed by atoms with Gasteiger partial charge < -0.3 is 0 Å². The molecule has 0 atom stereocenters. The van der Waals surface area contributed by atoms with E-state index in [4.69, 9.17) is 0 Å². The highest BCUT2D eigenvalue weighted by Gasteiger charge is 2.15. The molecule has 0 spiro atoms. The molecule has 1 aromatic carbocycles. The Bertz CT molecular complexity index is 907. The fraction of sp³-hybridized carbons (Fsp3) is 0.222. The monoisotopic (exact) mass is 306 g/mol. The van der Waals surface area contributed by atoms with Crippen molar-refractivity contribution >= 4 is 11.2 Å². The van der Waals surface area contributed by atoms with Crippen molar-refractivity contribution in [2.75, 3.05) is 13.1 Å². The number of pyridine rings is 1. The molecule has 116 valence electrons. The van der Waals surface area contributed by atoms with Gasteiger partial charge in [0.25, 0.3) is 0 Å². The minimum atomic E-state index is -0.0848. The van der Waals surface area contributed by atoms with Crippen LogP contribution in [0.3, 0.4) is 0 Å². The average molecular weight is 306 g/mol. The van der Waals surface area contributed by atoms with Crippen LogP contribution in [0, 0.1) is 0 Å². The molecular formula is C18H18N4O. The fourth-order valence-corrected chi connectivity index (χ4v) is 3.00. The summed E-state index contributed by atoms with van der Waals surface area (Å²) in [6, 6.07) is 16.0. The molecule has 0 bridgehead atoms. The molecule has 0 saturated heterocycles. The van der Waals surface area contributed by atoms with Gasteiger partial charge in [-0.2, -0.15) is 4.68 Å². The summed E-state index contributed by atoms with van der Waals surface area (Å²) in [5.41, 5.74) is 3.27. The lowest BCUT2D eigenvalue weighted by Gasteiger charge is -2.25. The molecule has 2 aromatic heterocycles. The van der Waals surface area contributed by atoms with Gasteiger partial charge in [-0.25, -0.2) is 4.79 Å². The van der Waals surface area contributed by atoms with Crippen molar-refractivity contribution < 1.29 is 0 Å². The lowest BCUT2D eigenvalue weighted by molar-refractivity contribution is 0.224. The predicted octanol–water partition coefficient (Wildman–Crippen LogP) is 2.24. The van der Waals surface area contributed by atoms with Crippen molar-refractivity contribution in [3.8, 4) is 0 Å². The molecule has 1 aliphatic heterocycles. The van der Waals surface area contributed by atoms with Crippen molar-refractivity contribution in [3.63, 3.8) is 0 Å². The van der Waals surface area contributed by atoms with Crippen LogP contribution in [0.5, 0.6) is 0 Å². The van der Waals surface area contributed by atoms with E-state index in [2.05, 4.69) is 40.3 Å². The third-order valence-corrected chi connectivity index (χ3v) is 4.26. The molecule has 4 rings (SSSR count). The van der Waals surface area contributed by atoms with Crippen molar-refractivity contribution in [1.82, 2.24) is 19.1 Å². The molecule has 3 heterocycles. The second-order valence-electron chi connectivity index (χ2n) is 5.77. The van der Waals surface area contributed by atoms with E-state index in [1.54, 1.807) is 10.6 Å². The third-order valence-electron chi connectivity index (χ3n) is 4.26. The Labute approximate surface area is 134 Å². The highest BCUT2D eigenvalue weighted by Crippen LogP contribution is 2.21. The lowest BCUT2D eigenvalue weighted by Crippen LogP contribution is -2.35. The number of aromatic nitrogens is 3. The van der Waals surface area contributed by atoms with Gasteiger partial charge in [-0.1, -0.05) is 42.5 Å². The van der Waals surface area contributed by atoms with E-state index in [1.165, 1.54) is 15.8 Å². The summed E-state index contributed by atoms with van der Waals surface area (Å²) in [4.78, 5) is 14.5. The first-order chi connectivity index (χ1) is 11.3. The molecular weight excluding hydrogens is 288 g/mol. The van der Waals surface area contributed by atoms with Gasteiger partial charge in [-0.05, 0) is 29.7 Å². The first-order valence-corrected chi connectivity index (χ1v) is 7.82. The van der Waals surface area contributed by atoms with Gasteiger partial charge in [0.05, 0.1) is 6.67 Å². The van der Waals surface area contributed by atoms with Gasteiger partial charge in [-0.3, -0.25) is 9.30 Å². The maximum absolute atomic E-state index is 12.3. The van der Waals surface area contributed by atoms with Gasteiger partial charge in [0.2, 0.25) is 0 Å². The third kappa shape index (κ3) is 2.71. The quantitative estimate of drug-likeness (QED) is 0.745. The van der Waals surface area contributed by atoms with E-state index < -0.39 is 0 Å². The zero-order valence-corrected chi connectivity index (χ0v) is 12.8. The summed E-state index contributed by atoms with van der Waals surface area (Å²) >= 11 is 0. The molecule has 0 aliphatic carbocycles. The van der Waals surface area contributed by atoms with Crippen LogP contribution in [-0.2, 0) is 6.67 Å². The summed E-state index contributed by atoms with van der Waals surface area (Å²) in [6.45, 7) is 2.30. The van der Waals surface area contributed by atoms with E-state index >= 15 is 0 Å². The van der Waals surface area contributed by atoms with Crippen LogP contribution in [-0.4, -0.2) is 32.2 Å². The van der Waals surface area contributed by atoms with E-state index in [0.717, 1.165) is 19.5 Å². The summed E-state index contributed by atoms with van der Waals surface area (Å²) in [6.07, 6.45) is 5.00. The van der Waals surface area contributed by atoms with Crippen LogP contribution >= 0.6 is 0 Å². The van der Waals surface area contributed by atoms with E-state index in [9.17, 15) is 4.79 Å². The predicted molar refractivity (Wildman–Crippen MR) is 90.1 cm³/mol. The average Bonchev–Trinajstić information content (AvgIpc) is 2.93. The van der Waals surface area contributed by atoms with E-state index in [1.807, 2.05) is 24.3 Å². The highest BCUT2D eigenvalue weighted by molar-refractivity contribution is 5.66. The van der Waals surface area contributed by atoms with E-state index in [0.29, 0.717) is 12.3 Å². The van der Waals surface area contributed by atoms with Crippen molar-refractivity contribution in [1.29, 1.82) is 0 Å². The van der Waals surface area contributed by atoms with Crippen LogP contribution in [0.4, 0.5) is 0 Å². The molecule has 5 nitrogen and oxygen atoms in total. The number of hydrogen-bond donors (Lipinski definition) is 0. The topological polar surface area (TPSA) is 42.5 Å². The number of benzene rings is 1. The Morgan fingerprint density at radius 3 is 2.61 bits per heavy atom. The minimum absolute atomic E-state index is 0.0848. The normalized spacial score (nSPS) is 15.7. The molecule has 0 radical (unpaired) electrons. The van der Waals surface area contributed by atoms with Crippen LogP contribution < -0.4 is 5.69 Å². The zero-order valence-electron chi connectivity index (χ0n) is 12.8. The molecule has 0 fully saturated rings. The Morgan fingerprint density at radius 1 is 1.04 bits per heavy atom. The molecule has 0 amide bonds. The van der Waals surface area contributed by atoms with Crippen molar-refractivity contribution in [2.45, 2.75) is 13.1 Å². The SMILES string of the molecule is O=c1n(CN2CC=C(c3ccccc3)CC2)nc2ccccn12. The Hall–Kier alpha value is -2.66. The Kier molecular flexibility index (Phi) is 3.55. The largest absolute Gasteiger partial charge is 0.351 e. The van der Waals surface area contributed by atoms with Crippen molar-refractivity contribution in [2.24, 2.45) is 0 Å². The number of fused-ring (bicyclic) bond motifs is 1. The zero-order chi connectivity index (χ0) is 15.6. The minimum Gasteiger partial charge on any atom is -0.280 e. The van der Waals surface area contributed by atoms with Crippen LogP contribution in [0.1, 0.15) is 12.0 Å². The number of rotatable bonds is 3. The number of nitrogens with zero attached hydrogens (tertiary/aromatic N) is 4. The van der Waals surface area contributed by atoms with Gasteiger partial charge in [0.15, 0.2) is 5.65 Å². The summed E-state index contributed by atoms with van der Waals surface area (Å²) in [7, 11) is 0. The van der Waals surface area contributed by atoms with Gasteiger partial charge in [-0.15, -0.1) is 5.10 Å². The maximum atomic E-state index is 12.3. The molecule has 1 aliphatic rings. The Balaban J connectivity index is 1.51. The van der Waals surface area contributed by atoms with Crippen LogP contribution in [0.15, 0.2) is 65.6 Å². The smallest absolute Gasteiger partial charge is 0.280 e. The van der Waals surface area contributed by atoms with Gasteiger partial charge >= 0.3 is 5.69 Å². The highest BCUT2D eigenvalue weighted by atomic mass is 16.2. The molecule has 0 unspecified atom stereocenters.